The minimum Gasteiger partial charge on any atom is -0.382 e. The number of hydrogen-bond donors (Lipinski definition) is 3. The molecule has 3 rings (SSSR count). The van der Waals surface area contributed by atoms with Crippen molar-refractivity contribution < 1.29 is 4.79 Å². The number of nitrogens with zero attached hydrogens (tertiary/aromatic N) is 2. The first-order valence-corrected chi connectivity index (χ1v) is 8.53. The van der Waals surface area contributed by atoms with Crippen LogP contribution in [-0.4, -0.2) is 21.9 Å². The molecule has 1 aliphatic carbocycles. The van der Waals surface area contributed by atoms with Gasteiger partial charge in [0.05, 0.1) is 6.54 Å². The molecule has 2 aromatic rings. The maximum atomic E-state index is 12.2. The zero-order chi connectivity index (χ0) is 14.8. The number of aryl methyl sites for hydroxylation is 1. The van der Waals surface area contributed by atoms with Crippen molar-refractivity contribution in [2.45, 2.75) is 38.8 Å². The van der Waals surface area contributed by atoms with E-state index in [1.165, 1.54) is 16.2 Å². The van der Waals surface area contributed by atoms with Gasteiger partial charge in [-0.25, -0.2) is 9.97 Å². The molecule has 2 heterocycles. The monoisotopic (exact) mass is 323 g/mol. The zero-order valence-electron chi connectivity index (χ0n) is 11.7. The Morgan fingerprint density at radius 1 is 1.48 bits per heavy atom. The van der Waals surface area contributed by atoms with Gasteiger partial charge in [0.2, 0.25) is 0 Å². The van der Waals surface area contributed by atoms with Gasteiger partial charge in [0, 0.05) is 17.1 Å². The Morgan fingerprint density at radius 2 is 2.29 bits per heavy atom. The van der Waals surface area contributed by atoms with Gasteiger partial charge in [-0.1, -0.05) is 18.3 Å². The quantitative estimate of drug-likeness (QED) is 0.758. The van der Waals surface area contributed by atoms with Crippen molar-refractivity contribution in [3.05, 3.63) is 21.0 Å². The highest BCUT2D eigenvalue weighted by Crippen LogP contribution is 2.30. The van der Waals surface area contributed by atoms with Gasteiger partial charge >= 0.3 is 0 Å². The lowest BCUT2D eigenvalue weighted by Crippen LogP contribution is -2.22. The molecule has 112 valence electrons. The predicted molar refractivity (Wildman–Crippen MR) is 85.8 cm³/mol. The number of carbonyl (C=O) groups excluding carboxylic acids is 1. The van der Waals surface area contributed by atoms with Gasteiger partial charge in [-0.05, 0) is 19.3 Å². The molecular formula is C13H17N5OS2. The number of hydrogen-bond acceptors (Lipinski definition) is 7. The van der Waals surface area contributed by atoms with E-state index in [9.17, 15) is 4.79 Å². The van der Waals surface area contributed by atoms with Crippen LogP contribution >= 0.6 is 22.7 Å². The summed E-state index contributed by atoms with van der Waals surface area (Å²) in [7, 11) is 0. The Hall–Kier alpha value is -1.67. The topological polar surface area (TPSA) is 92.9 Å². The molecule has 8 heteroatoms. The first-order valence-electron chi connectivity index (χ1n) is 6.90. The average Bonchev–Trinajstić information content (AvgIpc) is 3.02. The van der Waals surface area contributed by atoms with Crippen molar-refractivity contribution in [2.24, 2.45) is 0 Å². The molecule has 4 N–H and O–H groups in total. The maximum Gasteiger partial charge on any atom is 0.265 e. The van der Waals surface area contributed by atoms with Crippen LogP contribution in [0.5, 0.6) is 0 Å². The van der Waals surface area contributed by atoms with Crippen LogP contribution in [0.1, 0.15) is 39.3 Å². The number of anilines is 2. The lowest BCUT2D eigenvalue weighted by atomic mass is 10.4. The van der Waals surface area contributed by atoms with E-state index in [2.05, 4.69) is 27.5 Å². The molecule has 1 saturated carbocycles. The molecule has 0 bridgehead atoms. The Bertz CT molecular complexity index is 647. The summed E-state index contributed by atoms with van der Waals surface area (Å²) in [5.41, 5.74) is 5.82. The molecule has 6 nitrogen and oxygen atoms in total. The molecule has 0 saturated heterocycles. The van der Waals surface area contributed by atoms with E-state index in [0.717, 1.165) is 29.4 Å². The van der Waals surface area contributed by atoms with Crippen molar-refractivity contribution in [3.63, 3.8) is 0 Å². The molecule has 0 spiro atoms. The molecule has 0 aromatic carbocycles. The molecule has 2 aromatic heterocycles. The van der Waals surface area contributed by atoms with Crippen LogP contribution in [0.3, 0.4) is 0 Å². The van der Waals surface area contributed by atoms with Gasteiger partial charge in [0.25, 0.3) is 5.91 Å². The van der Waals surface area contributed by atoms with Gasteiger partial charge in [-0.2, -0.15) is 0 Å². The van der Waals surface area contributed by atoms with Crippen molar-refractivity contribution in [3.8, 4) is 0 Å². The van der Waals surface area contributed by atoms with Crippen molar-refractivity contribution in [2.75, 3.05) is 11.1 Å². The molecule has 1 amide bonds. The molecule has 0 unspecified atom stereocenters. The van der Waals surface area contributed by atoms with E-state index >= 15 is 0 Å². The summed E-state index contributed by atoms with van der Waals surface area (Å²) >= 11 is 2.92. The van der Waals surface area contributed by atoms with Crippen molar-refractivity contribution in [1.29, 1.82) is 0 Å². The highest BCUT2D eigenvalue weighted by Gasteiger charge is 2.24. The third kappa shape index (κ3) is 3.51. The van der Waals surface area contributed by atoms with Crippen LogP contribution in [0.2, 0.25) is 0 Å². The lowest BCUT2D eigenvalue weighted by Gasteiger charge is -2.00. The number of nitrogens with two attached hydrogens (primary N) is 1. The van der Waals surface area contributed by atoms with E-state index in [1.807, 2.05) is 6.20 Å². The molecule has 0 atom stereocenters. The highest BCUT2D eigenvalue weighted by molar-refractivity contribution is 7.18. The molecule has 1 fully saturated rings. The molecule has 0 aliphatic heterocycles. The first-order chi connectivity index (χ1) is 10.2. The van der Waals surface area contributed by atoms with E-state index < -0.39 is 0 Å². The fourth-order valence-electron chi connectivity index (χ4n) is 1.79. The second-order valence-corrected chi connectivity index (χ2v) is 7.11. The van der Waals surface area contributed by atoms with E-state index in [1.54, 1.807) is 11.3 Å². The number of rotatable bonds is 6. The number of aromatic nitrogens is 2. The molecule has 0 radical (unpaired) electrons. The molecule has 1 aliphatic rings. The van der Waals surface area contributed by atoms with Crippen LogP contribution in [0.15, 0.2) is 6.20 Å². The second kappa shape index (κ2) is 5.98. The lowest BCUT2D eigenvalue weighted by molar-refractivity contribution is 0.0955. The van der Waals surface area contributed by atoms with E-state index in [0.29, 0.717) is 17.5 Å². The zero-order valence-corrected chi connectivity index (χ0v) is 13.3. The highest BCUT2D eigenvalue weighted by atomic mass is 32.1. The van der Waals surface area contributed by atoms with Crippen LogP contribution in [0.4, 0.5) is 10.9 Å². The normalized spacial score (nSPS) is 14.1. The van der Waals surface area contributed by atoms with Crippen LogP contribution in [-0.2, 0) is 13.0 Å². The van der Waals surface area contributed by atoms with E-state index in [4.69, 9.17) is 5.73 Å². The Kier molecular flexibility index (Phi) is 4.07. The fraction of sp³-hybridized carbons (Fsp3) is 0.462. The van der Waals surface area contributed by atoms with Gasteiger partial charge < -0.3 is 16.4 Å². The SMILES string of the molecule is CCc1cnc(CNC(=O)c2sc(NC3CC3)nc2N)s1. The second-order valence-electron chi connectivity index (χ2n) is 4.91. The molecule has 21 heavy (non-hydrogen) atoms. The summed E-state index contributed by atoms with van der Waals surface area (Å²) in [4.78, 5) is 22.3. The summed E-state index contributed by atoms with van der Waals surface area (Å²) in [6.07, 6.45) is 5.13. The minimum absolute atomic E-state index is 0.193. The summed E-state index contributed by atoms with van der Waals surface area (Å²) < 4.78 is 0. The third-order valence-corrected chi connectivity index (χ3v) is 5.26. The number of carbonyl (C=O) groups is 1. The Balaban J connectivity index is 1.60. The van der Waals surface area contributed by atoms with Crippen molar-refractivity contribution >= 4 is 39.5 Å². The van der Waals surface area contributed by atoms with Crippen LogP contribution in [0.25, 0.3) is 0 Å². The van der Waals surface area contributed by atoms with Crippen LogP contribution in [0, 0.1) is 0 Å². The molecular weight excluding hydrogens is 306 g/mol. The predicted octanol–water partition coefficient (Wildman–Crippen LogP) is 2.25. The third-order valence-electron chi connectivity index (χ3n) is 3.11. The average molecular weight is 323 g/mol. The Morgan fingerprint density at radius 3 is 2.95 bits per heavy atom. The number of thiazole rings is 2. The van der Waals surface area contributed by atoms with Gasteiger partial charge in [-0.3, -0.25) is 4.79 Å². The fourth-order valence-corrected chi connectivity index (χ4v) is 3.47. The summed E-state index contributed by atoms with van der Waals surface area (Å²) in [5.74, 6) is 0.0936. The van der Waals surface area contributed by atoms with Gasteiger partial charge in [0.1, 0.15) is 15.7 Å². The standard InChI is InChI=1S/C13H17N5OS2/c1-2-8-5-15-9(20-8)6-16-12(19)10-11(14)18-13(21-10)17-7-3-4-7/h5,7H,2-4,6,14H2,1H3,(H,16,19)(H,17,18). The summed E-state index contributed by atoms with van der Waals surface area (Å²) in [6.45, 7) is 2.51. The summed E-state index contributed by atoms with van der Waals surface area (Å²) in [5, 5.41) is 7.73. The maximum absolute atomic E-state index is 12.2. The first kappa shape index (κ1) is 14.3. The van der Waals surface area contributed by atoms with E-state index in [-0.39, 0.29) is 11.7 Å². The van der Waals surface area contributed by atoms with Crippen LogP contribution < -0.4 is 16.4 Å². The smallest absolute Gasteiger partial charge is 0.265 e. The summed E-state index contributed by atoms with van der Waals surface area (Å²) in [6, 6.07) is 0.495. The number of nitrogen functional groups attached to an aromatic ring is 1. The van der Waals surface area contributed by atoms with Gasteiger partial charge in [0.15, 0.2) is 5.13 Å². The van der Waals surface area contributed by atoms with Gasteiger partial charge in [-0.15, -0.1) is 11.3 Å². The Labute approximate surface area is 130 Å². The number of amides is 1. The number of nitrogens with one attached hydrogen (secondary N) is 2. The van der Waals surface area contributed by atoms with Crippen molar-refractivity contribution in [1.82, 2.24) is 15.3 Å². The largest absolute Gasteiger partial charge is 0.382 e. The minimum atomic E-state index is -0.193.